The lowest BCUT2D eigenvalue weighted by atomic mass is 9.77. The number of hydrogen-bond donors (Lipinski definition) is 2. The number of rotatable bonds is 6. The highest BCUT2D eigenvalue weighted by Gasteiger charge is 2.39. The van der Waals surface area contributed by atoms with Gasteiger partial charge >= 0.3 is 0 Å². The van der Waals surface area contributed by atoms with Crippen molar-refractivity contribution in [3.8, 4) is 0 Å². The van der Waals surface area contributed by atoms with E-state index in [-0.39, 0.29) is 5.78 Å². The Morgan fingerprint density at radius 1 is 0.844 bits per heavy atom. The number of anilines is 2. The van der Waals surface area contributed by atoms with Gasteiger partial charge in [-0.2, -0.15) is 0 Å². The molecule has 0 fully saturated rings. The van der Waals surface area contributed by atoms with Gasteiger partial charge in [0.1, 0.15) is 22.8 Å². The molecule has 0 radical (unpaired) electrons. The minimum absolute atomic E-state index is 0.0773. The summed E-state index contributed by atoms with van der Waals surface area (Å²) in [5.41, 5.74) is 13.2. The SMILES string of the molecule is COC1(c2cccnc2N)C=CC=C(C(=O)C2=CC=CC(OC)(c3cccnc3N)C2)C1. The van der Waals surface area contributed by atoms with Crippen LogP contribution >= 0.6 is 0 Å². The van der Waals surface area contributed by atoms with Gasteiger partial charge in [0.25, 0.3) is 0 Å². The Hall–Kier alpha value is -3.55. The molecule has 2 aliphatic carbocycles. The molecule has 4 rings (SSSR count). The molecule has 0 spiro atoms. The Labute approximate surface area is 187 Å². The fourth-order valence-corrected chi connectivity index (χ4v) is 4.38. The average molecular weight is 431 g/mol. The van der Waals surface area contributed by atoms with E-state index in [9.17, 15) is 4.79 Å². The van der Waals surface area contributed by atoms with Crippen molar-refractivity contribution in [1.82, 2.24) is 9.97 Å². The maximum absolute atomic E-state index is 13.6. The normalized spacial score (nSPS) is 24.7. The zero-order valence-corrected chi connectivity index (χ0v) is 18.1. The van der Waals surface area contributed by atoms with Crippen LogP contribution in [0, 0.1) is 0 Å². The highest BCUT2D eigenvalue weighted by molar-refractivity contribution is 6.09. The highest BCUT2D eigenvalue weighted by atomic mass is 16.5. The van der Waals surface area contributed by atoms with E-state index in [1.807, 2.05) is 48.6 Å². The molecule has 0 saturated carbocycles. The minimum Gasteiger partial charge on any atom is -0.383 e. The molecule has 7 heteroatoms. The summed E-state index contributed by atoms with van der Waals surface area (Å²) in [6.45, 7) is 0. The Morgan fingerprint density at radius 2 is 1.28 bits per heavy atom. The molecule has 2 atom stereocenters. The molecule has 32 heavy (non-hydrogen) atoms. The van der Waals surface area contributed by atoms with Gasteiger partial charge in [-0.15, -0.1) is 0 Å². The van der Waals surface area contributed by atoms with Crippen LogP contribution in [0.3, 0.4) is 0 Å². The van der Waals surface area contributed by atoms with Crippen molar-refractivity contribution in [3.63, 3.8) is 0 Å². The van der Waals surface area contributed by atoms with Gasteiger partial charge < -0.3 is 20.9 Å². The van der Waals surface area contributed by atoms with Gasteiger partial charge in [0, 0.05) is 61.7 Å². The van der Waals surface area contributed by atoms with Crippen LogP contribution in [0.2, 0.25) is 0 Å². The predicted octanol–water partition coefficient (Wildman–Crippen LogP) is 3.37. The van der Waals surface area contributed by atoms with Crippen LogP contribution in [0.1, 0.15) is 24.0 Å². The molecule has 2 aromatic rings. The van der Waals surface area contributed by atoms with Gasteiger partial charge in [-0.05, 0) is 24.3 Å². The summed E-state index contributed by atoms with van der Waals surface area (Å²) in [5, 5.41) is 0. The second kappa shape index (κ2) is 8.53. The monoisotopic (exact) mass is 430 g/mol. The number of carbonyl (C=O) groups excluding carboxylic acids is 1. The first-order valence-corrected chi connectivity index (χ1v) is 10.3. The molecule has 164 valence electrons. The number of carbonyl (C=O) groups is 1. The van der Waals surface area contributed by atoms with E-state index < -0.39 is 11.2 Å². The summed E-state index contributed by atoms with van der Waals surface area (Å²) < 4.78 is 11.8. The van der Waals surface area contributed by atoms with Crippen molar-refractivity contribution in [1.29, 1.82) is 0 Å². The molecule has 2 heterocycles. The molecule has 0 amide bonds. The molecule has 2 unspecified atom stereocenters. The molecule has 0 aliphatic heterocycles. The van der Waals surface area contributed by atoms with E-state index in [4.69, 9.17) is 20.9 Å². The van der Waals surface area contributed by atoms with E-state index in [1.165, 1.54) is 0 Å². The number of pyridine rings is 2. The summed E-state index contributed by atoms with van der Waals surface area (Å²) in [6, 6.07) is 7.35. The topological polar surface area (TPSA) is 113 Å². The lowest BCUT2D eigenvalue weighted by Crippen LogP contribution is -2.34. The van der Waals surface area contributed by atoms with Gasteiger partial charge in [-0.25, -0.2) is 9.97 Å². The zero-order valence-electron chi connectivity index (χ0n) is 18.1. The third-order valence-corrected chi connectivity index (χ3v) is 6.13. The molecule has 2 aromatic heterocycles. The van der Waals surface area contributed by atoms with Crippen molar-refractivity contribution < 1.29 is 14.3 Å². The zero-order chi connectivity index (χ0) is 22.8. The van der Waals surface area contributed by atoms with Gasteiger partial charge in [0.15, 0.2) is 5.78 Å². The number of nitrogen functional groups attached to an aromatic ring is 2. The number of Topliss-reactive ketones (excluding diaryl/α,β-unsaturated/α-hetero) is 1. The highest BCUT2D eigenvalue weighted by Crippen LogP contribution is 2.42. The predicted molar refractivity (Wildman–Crippen MR) is 123 cm³/mol. The molecular formula is C25H26N4O3. The number of aromatic nitrogens is 2. The van der Waals surface area contributed by atoms with Crippen LogP contribution in [-0.2, 0) is 25.5 Å². The largest absolute Gasteiger partial charge is 0.383 e. The summed E-state index contributed by atoms with van der Waals surface area (Å²) in [5.74, 6) is 0.669. The Kier molecular flexibility index (Phi) is 5.78. The third-order valence-electron chi connectivity index (χ3n) is 6.13. The lowest BCUT2D eigenvalue weighted by Gasteiger charge is -2.35. The molecule has 0 bridgehead atoms. The van der Waals surface area contributed by atoms with E-state index in [0.717, 1.165) is 11.1 Å². The van der Waals surface area contributed by atoms with Gasteiger partial charge in [0.05, 0.1) is 0 Å². The third kappa shape index (κ3) is 3.66. The number of hydrogen-bond acceptors (Lipinski definition) is 7. The Bertz CT molecular complexity index is 1080. The van der Waals surface area contributed by atoms with Crippen LogP contribution in [0.15, 0.2) is 84.3 Å². The Morgan fingerprint density at radius 3 is 1.66 bits per heavy atom. The smallest absolute Gasteiger partial charge is 0.185 e. The van der Waals surface area contributed by atoms with E-state index in [0.29, 0.717) is 35.6 Å². The molecule has 0 aromatic carbocycles. The van der Waals surface area contributed by atoms with Crippen molar-refractivity contribution in [2.45, 2.75) is 24.0 Å². The molecular weight excluding hydrogens is 404 g/mol. The molecule has 0 saturated heterocycles. The fourth-order valence-electron chi connectivity index (χ4n) is 4.38. The van der Waals surface area contributed by atoms with Crippen molar-refractivity contribution in [2.24, 2.45) is 0 Å². The van der Waals surface area contributed by atoms with Crippen molar-refractivity contribution in [3.05, 3.63) is 95.4 Å². The van der Waals surface area contributed by atoms with E-state index in [2.05, 4.69) is 9.97 Å². The number of nitrogens with two attached hydrogens (primary N) is 2. The standard InChI is InChI=1S/C25H26N4O3/c1-31-24(19-9-5-13-28-22(19)26)11-3-7-17(15-24)21(30)18-8-4-12-25(16-18,32-2)20-10-6-14-29-23(20)27/h3-14H,15-16H2,1-2H3,(H2,26,28)(H2,27,29). The van der Waals surface area contributed by atoms with Crippen molar-refractivity contribution >= 4 is 17.4 Å². The average Bonchev–Trinajstić information content (AvgIpc) is 2.84. The minimum atomic E-state index is -0.866. The number of ether oxygens (including phenoxy) is 2. The second-order valence-corrected chi connectivity index (χ2v) is 7.84. The van der Waals surface area contributed by atoms with E-state index in [1.54, 1.807) is 38.7 Å². The van der Waals surface area contributed by atoms with Gasteiger partial charge in [-0.3, -0.25) is 4.79 Å². The maximum atomic E-state index is 13.6. The first-order chi connectivity index (χ1) is 15.4. The molecule has 2 aliphatic rings. The van der Waals surface area contributed by atoms with Crippen LogP contribution in [-0.4, -0.2) is 30.0 Å². The maximum Gasteiger partial charge on any atom is 0.185 e. The van der Waals surface area contributed by atoms with Crippen LogP contribution in [0.25, 0.3) is 0 Å². The van der Waals surface area contributed by atoms with Crippen molar-refractivity contribution in [2.75, 3.05) is 25.7 Å². The second-order valence-electron chi connectivity index (χ2n) is 7.84. The first kappa shape index (κ1) is 21.7. The van der Waals surface area contributed by atoms with Gasteiger partial charge in [0.2, 0.25) is 0 Å². The fraction of sp³-hybridized carbons (Fsp3) is 0.240. The number of allylic oxidation sites excluding steroid dienone is 4. The molecule has 7 nitrogen and oxygen atoms in total. The lowest BCUT2D eigenvalue weighted by molar-refractivity contribution is -0.113. The van der Waals surface area contributed by atoms with Gasteiger partial charge in [-0.1, -0.05) is 36.4 Å². The number of ketones is 1. The number of methoxy groups -OCH3 is 2. The first-order valence-electron chi connectivity index (χ1n) is 10.3. The summed E-state index contributed by atoms with van der Waals surface area (Å²) in [6.07, 6.45) is 15.0. The quantitative estimate of drug-likeness (QED) is 0.722. The Balaban J connectivity index is 1.64. The van der Waals surface area contributed by atoms with Crippen LogP contribution < -0.4 is 11.5 Å². The summed E-state index contributed by atoms with van der Waals surface area (Å²) >= 11 is 0. The number of nitrogens with zero attached hydrogens (tertiary/aromatic N) is 2. The summed E-state index contributed by atoms with van der Waals surface area (Å²) in [4.78, 5) is 22.0. The van der Waals surface area contributed by atoms with Crippen LogP contribution in [0.4, 0.5) is 11.6 Å². The summed E-state index contributed by atoms with van der Waals surface area (Å²) in [7, 11) is 3.21. The van der Waals surface area contributed by atoms with E-state index >= 15 is 0 Å². The molecule has 4 N–H and O–H groups in total. The van der Waals surface area contributed by atoms with Crippen LogP contribution in [0.5, 0.6) is 0 Å².